The van der Waals surface area contributed by atoms with Crippen molar-refractivity contribution >= 4 is 5.91 Å². The first-order chi connectivity index (χ1) is 10.6. The largest absolute Gasteiger partial charge is 0.352 e. The van der Waals surface area contributed by atoms with Crippen LogP contribution in [0.2, 0.25) is 0 Å². The van der Waals surface area contributed by atoms with Crippen molar-refractivity contribution in [3.63, 3.8) is 0 Å². The van der Waals surface area contributed by atoms with Gasteiger partial charge in [0.1, 0.15) is 18.2 Å². The van der Waals surface area contributed by atoms with Gasteiger partial charge in [-0.05, 0) is 19.8 Å². The summed E-state index contributed by atoms with van der Waals surface area (Å²) in [7, 11) is 0. The van der Waals surface area contributed by atoms with Crippen LogP contribution in [0.25, 0.3) is 0 Å². The minimum Gasteiger partial charge on any atom is -0.352 e. The standard InChI is InChI=1S/C15H20N4O3/c1-2-18-9-11(8-16)14(21)19(15(18)22)10-13(20)17-12-6-4-3-5-7-12/h9,12H,2-7,10H2,1H3,(H,17,20). The Morgan fingerprint density at radius 1 is 1.36 bits per heavy atom. The molecule has 1 fully saturated rings. The average Bonchev–Trinajstić information content (AvgIpc) is 2.53. The lowest BCUT2D eigenvalue weighted by molar-refractivity contribution is -0.122. The fourth-order valence-corrected chi connectivity index (χ4v) is 2.76. The first-order valence-electron chi connectivity index (χ1n) is 7.60. The average molecular weight is 304 g/mol. The highest BCUT2D eigenvalue weighted by atomic mass is 16.2. The van der Waals surface area contributed by atoms with Crippen LogP contribution in [-0.4, -0.2) is 21.1 Å². The summed E-state index contributed by atoms with van der Waals surface area (Å²) >= 11 is 0. The van der Waals surface area contributed by atoms with E-state index in [2.05, 4.69) is 5.32 Å². The Labute approximate surface area is 128 Å². The Morgan fingerprint density at radius 3 is 2.64 bits per heavy atom. The van der Waals surface area contributed by atoms with Crippen molar-refractivity contribution in [1.29, 1.82) is 5.26 Å². The number of carbonyl (C=O) groups excluding carboxylic acids is 1. The third-order valence-corrected chi connectivity index (χ3v) is 3.97. The number of rotatable bonds is 4. The fourth-order valence-electron chi connectivity index (χ4n) is 2.76. The molecule has 0 saturated heterocycles. The molecule has 1 aliphatic carbocycles. The summed E-state index contributed by atoms with van der Waals surface area (Å²) < 4.78 is 2.09. The maximum atomic E-state index is 12.2. The zero-order valence-electron chi connectivity index (χ0n) is 12.7. The molecular weight excluding hydrogens is 284 g/mol. The normalized spacial score (nSPS) is 15.3. The molecule has 0 unspecified atom stereocenters. The van der Waals surface area contributed by atoms with E-state index in [9.17, 15) is 14.4 Å². The maximum absolute atomic E-state index is 12.2. The lowest BCUT2D eigenvalue weighted by Gasteiger charge is -2.22. The Morgan fingerprint density at radius 2 is 2.05 bits per heavy atom. The van der Waals surface area contributed by atoms with Gasteiger partial charge >= 0.3 is 5.69 Å². The minimum absolute atomic E-state index is 0.115. The quantitative estimate of drug-likeness (QED) is 0.868. The molecule has 7 nitrogen and oxygen atoms in total. The molecule has 1 aromatic heterocycles. The second kappa shape index (κ2) is 7.07. The van der Waals surface area contributed by atoms with E-state index < -0.39 is 11.2 Å². The Balaban J connectivity index is 2.21. The van der Waals surface area contributed by atoms with Crippen LogP contribution in [0.1, 0.15) is 44.6 Å². The molecule has 1 amide bonds. The smallest absolute Gasteiger partial charge is 0.331 e. The van der Waals surface area contributed by atoms with Crippen molar-refractivity contribution in [2.75, 3.05) is 0 Å². The van der Waals surface area contributed by atoms with Crippen LogP contribution in [0.4, 0.5) is 0 Å². The van der Waals surface area contributed by atoms with Crippen molar-refractivity contribution in [1.82, 2.24) is 14.5 Å². The Bertz CT molecular complexity index is 705. The number of aryl methyl sites for hydroxylation is 1. The van der Waals surface area contributed by atoms with Gasteiger partial charge in [0.25, 0.3) is 5.56 Å². The highest BCUT2D eigenvalue weighted by molar-refractivity contribution is 5.76. The lowest BCUT2D eigenvalue weighted by Crippen LogP contribution is -2.46. The van der Waals surface area contributed by atoms with Gasteiger partial charge in [0.15, 0.2) is 0 Å². The van der Waals surface area contributed by atoms with E-state index in [0.29, 0.717) is 6.54 Å². The van der Waals surface area contributed by atoms with Gasteiger partial charge in [-0.3, -0.25) is 14.2 Å². The molecule has 118 valence electrons. The molecule has 0 aliphatic heterocycles. The van der Waals surface area contributed by atoms with Gasteiger partial charge in [0.2, 0.25) is 5.91 Å². The molecule has 7 heteroatoms. The SMILES string of the molecule is CCn1cc(C#N)c(=O)n(CC(=O)NC2CCCCC2)c1=O. The van der Waals surface area contributed by atoms with E-state index in [4.69, 9.17) is 5.26 Å². The topological polar surface area (TPSA) is 96.9 Å². The first kappa shape index (κ1) is 16.0. The predicted octanol–water partition coefficient (Wildman–Crippen LogP) is 0.350. The Kier molecular flexibility index (Phi) is 5.15. The summed E-state index contributed by atoms with van der Waals surface area (Å²) in [6.45, 7) is 1.72. The second-order valence-electron chi connectivity index (χ2n) is 5.52. The van der Waals surface area contributed by atoms with Crippen LogP contribution in [0.3, 0.4) is 0 Å². The number of hydrogen-bond donors (Lipinski definition) is 1. The maximum Gasteiger partial charge on any atom is 0.331 e. The molecule has 0 bridgehead atoms. The number of nitrogens with one attached hydrogen (secondary N) is 1. The van der Waals surface area contributed by atoms with Crippen LogP contribution < -0.4 is 16.6 Å². The molecule has 0 atom stereocenters. The molecule has 22 heavy (non-hydrogen) atoms. The molecule has 0 spiro atoms. The van der Waals surface area contributed by atoms with Gasteiger partial charge in [-0.2, -0.15) is 5.26 Å². The van der Waals surface area contributed by atoms with Crippen molar-refractivity contribution in [2.24, 2.45) is 0 Å². The van der Waals surface area contributed by atoms with E-state index in [1.54, 1.807) is 13.0 Å². The monoisotopic (exact) mass is 304 g/mol. The van der Waals surface area contributed by atoms with E-state index >= 15 is 0 Å². The molecule has 1 aliphatic rings. The van der Waals surface area contributed by atoms with Crippen LogP contribution in [-0.2, 0) is 17.9 Å². The van der Waals surface area contributed by atoms with Crippen molar-refractivity contribution in [2.45, 2.75) is 58.2 Å². The number of aromatic nitrogens is 2. The third kappa shape index (κ3) is 3.45. The summed E-state index contributed by atoms with van der Waals surface area (Å²) in [4.78, 5) is 36.3. The Hall–Kier alpha value is -2.36. The molecular formula is C15H20N4O3. The van der Waals surface area contributed by atoms with E-state index in [0.717, 1.165) is 30.3 Å². The van der Waals surface area contributed by atoms with Crippen molar-refractivity contribution in [3.8, 4) is 6.07 Å². The minimum atomic E-state index is -0.712. The summed E-state index contributed by atoms with van der Waals surface area (Å²) in [5, 5.41) is 11.8. The molecule has 1 N–H and O–H groups in total. The van der Waals surface area contributed by atoms with Gasteiger partial charge in [-0.1, -0.05) is 19.3 Å². The number of hydrogen-bond acceptors (Lipinski definition) is 4. The molecule has 1 heterocycles. The van der Waals surface area contributed by atoms with Crippen molar-refractivity contribution in [3.05, 3.63) is 32.6 Å². The van der Waals surface area contributed by atoms with Crippen molar-refractivity contribution < 1.29 is 4.79 Å². The van der Waals surface area contributed by atoms with Crippen LogP contribution in [0.5, 0.6) is 0 Å². The predicted molar refractivity (Wildman–Crippen MR) is 80.4 cm³/mol. The second-order valence-corrected chi connectivity index (χ2v) is 5.52. The van der Waals surface area contributed by atoms with E-state index in [-0.39, 0.29) is 24.1 Å². The molecule has 2 rings (SSSR count). The highest BCUT2D eigenvalue weighted by Gasteiger charge is 2.18. The summed E-state index contributed by atoms with van der Waals surface area (Å²) in [5.74, 6) is -0.358. The van der Waals surface area contributed by atoms with Gasteiger partial charge in [0, 0.05) is 18.8 Å². The molecule has 1 saturated carbocycles. The molecule has 0 radical (unpaired) electrons. The van der Waals surface area contributed by atoms with Gasteiger partial charge < -0.3 is 5.32 Å². The van der Waals surface area contributed by atoms with Crippen LogP contribution in [0, 0.1) is 11.3 Å². The van der Waals surface area contributed by atoms with Crippen LogP contribution >= 0.6 is 0 Å². The number of carbonyl (C=O) groups is 1. The zero-order valence-corrected chi connectivity index (χ0v) is 12.7. The van der Waals surface area contributed by atoms with Gasteiger partial charge in [-0.15, -0.1) is 0 Å². The van der Waals surface area contributed by atoms with Gasteiger partial charge in [-0.25, -0.2) is 9.36 Å². The molecule has 1 aromatic rings. The van der Waals surface area contributed by atoms with E-state index in [1.165, 1.54) is 17.2 Å². The fraction of sp³-hybridized carbons (Fsp3) is 0.600. The summed E-state index contributed by atoms with van der Waals surface area (Å²) in [5.41, 5.74) is -1.41. The highest BCUT2D eigenvalue weighted by Crippen LogP contribution is 2.17. The summed E-state index contributed by atoms with van der Waals surface area (Å²) in [6, 6.07) is 1.88. The number of nitriles is 1. The number of amides is 1. The first-order valence-corrected chi connectivity index (χ1v) is 7.60. The van der Waals surface area contributed by atoms with Gasteiger partial charge in [0.05, 0.1) is 0 Å². The van der Waals surface area contributed by atoms with Crippen LogP contribution in [0.15, 0.2) is 15.8 Å². The number of nitrogens with zero attached hydrogens (tertiary/aromatic N) is 3. The zero-order chi connectivity index (χ0) is 16.1. The third-order valence-electron chi connectivity index (χ3n) is 3.97. The lowest BCUT2D eigenvalue weighted by atomic mass is 9.95. The van der Waals surface area contributed by atoms with E-state index in [1.807, 2.05) is 0 Å². The molecule has 0 aromatic carbocycles. The summed E-state index contributed by atoms with van der Waals surface area (Å²) in [6.07, 6.45) is 6.43.